The molecule has 0 saturated heterocycles. The third-order valence-corrected chi connectivity index (χ3v) is 28.1. The Morgan fingerprint density at radius 3 is 2.72 bits per heavy atom. The molecule has 2 aliphatic heterocycles. The maximum absolute atomic E-state index is 14.1. The molecule has 29 heavy (non-hydrogen) atoms. The fourth-order valence-electron chi connectivity index (χ4n) is 4.38. The van der Waals surface area contributed by atoms with Crippen molar-refractivity contribution in [2.24, 2.45) is 0 Å². The topological polar surface area (TPSA) is 30.9 Å². The van der Waals surface area contributed by atoms with Gasteiger partial charge >= 0.3 is 186 Å². The van der Waals surface area contributed by atoms with Crippen LogP contribution in [-0.4, -0.2) is 49.2 Å². The molecule has 0 spiro atoms. The fourth-order valence-corrected chi connectivity index (χ4v) is 26.4. The molecule has 0 aliphatic carbocycles. The van der Waals surface area contributed by atoms with Crippen LogP contribution in [0.3, 0.4) is 0 Å². The molecule has 0 saturated carbocycles. The summed E-state index contributed by atoms with van der Waals surface area (Å²) in [6.45, 7) is 5.18. The molecule has 2 aromatic rings. The van der Waals surface area contributed by atoms with Crippen LogP contribution in [-0.2, 0) is 11.7 Å². The van der Waals surface area contributed by atoms with Crippen LogP contribution in [0.5, 0.6) is 17.2 Å². The summed E-state index contributed by atoms with van der Waals surface area (Å²) in [5.41, 5.74) is 2.13. The van der Waals surface area contributed by atoms with Crippen molar-refractivity contribution in [3.8, 4) is 17.2 Å². The van der Waals surface area contributed by atoms with E-state index in [1.807, 2.05) is 12.1 Å². The minimum absolute atomic E-state index is 0.0249. The zero-order valence-electron chi connectivity index (χ0n) is 17.3. The van der Waals surface area contributed by atoms with Crippen molar-refractivity contribution in [2.75, 3.05) is 21.3 Å². The molecule has 2 unspecified atom stereocenters. The van der Waals surface area contributed by atoms with E-state index in [4.69, 9.17) is 22.5 Å². The third kappa shape index (κ3) is 3.46. The van der Waals surface area contributed by atoms with Crippen molar-refractivity contribution < 1.29 is 18.6 Å². The molecule has 0 N–H and O–H groups in total. The van der Waals surface area contributed by atoms with Gasteiger partial charge in [0.2, 0.25) is 0 Å². The molecule has 8 heteroatoms. The number of hydrogen-bond acceptors (Lipinski definition) is 4. The van der Waals surface area contributed by atoms with Gasteiger partial charge in [0.15, 0.2) is 0 Å². The zero-order chi connectivity index (χ0) is 20.9. The first-order valence-corrected chi connectivity index (χ1v) is 21.2. The van der Waals surface area contributed by atoms with Crippen LogP contribution >= 0.6 is 16.2 Å². The van der Waals surface area contributed by atoms with E-state index >= 15 is 0 Å². The van der Waals surface area contributed by atoms with Gasteiger partial charge in [-0.2, -0.15) is 0 Å². The molecule has 2 aliphatic rings. The first kappa shape index (κ1) is 21.6. The Bertz CT molecular complexity index is 948. The predicted molar refractivity (Wildman–Crippen MR) is 118 cm³/mol. The summed E-state index contributed by atoms with van der Waals surface area (Å²) in [6.07, 6.45) is 0.917. The molecule has 3 atom stereocenters. The van der Waals surface area contributed by atoms with Gasteiger partial charge in [-0.15, -0.1) is 0 Å². The number of fused-ring (bicyclic) bond motifs is 4. The molecule has 2 heterocycles. The quantitative estimate of drug-likeness (QED) is 0.364. The second kappa shape index (κ2) is 8.14. The second-order valence-electron chi connectivity index (χ2n) is 7.77. The van der Waals surface area contributed by atoms with Gasteiger partial charge in [0.25, 0.3) is 0 Å². The number of hydrogen-bond donors (Lipinski definition) is 0. The van der Waals surface area contributed by atoms with Gasteiger partial charge < -0.3 is 0 Å². The van der Waals surface area contributed by atoms with Crippen LogP contribution < -0.4 is 19.5 Å². The minimum atomic E-state index is -2.96. The molecule has 2 aromatic carbocycles. The first-order valence-electron chi connectivity index (χ1n) is 9.69. The van der Waals surface area contributed by atoms with Crippen LogP contribution in [0.15, 0.2) is 30.3 Å². The molecule has 4 nitrogen and oxygen atoms in total. The van der Waals surface area contributed by atoms with Crippen molar-refractivity contribution in [3.63, 3.8) is 0 Å². The first-order chi connectivity index (χ1) is 13.8. The number of ether oxygens (including phenoxy) is 3. The van der Waals surface area contributed by atoms with Crippen LogP contribution in [0.25, 0.3) is 0 Å². The van der Waals surface area contributed by atoms with Crippen LogP contribution in [0.2, 0.25) is 0 Å². The summed E-state index contributed by atoms with van der Waals surface area (Å²) >= 11 is -2.96. The van der Waals surface area contributed by atoms with Gasteiger partial charge in [0, 0.05) is 0 Å². The van der Waals surface area contributed by atoms with Crippen LogP contribution in [0.4, 0.5) is 4.39 Å². The van der Waals surface area contributed by atoms with Crippen molar-refractivity contribution in [3.05, 3.63) is 47.3 Å². The Balaban J connectivity index is 2.00. The summed E-state index contributed by atoms with van der Waals surface area (Å²) < 4.78 is 34.2. The van der Waals surface area contributed by atoms with Gasteiger partial charge in [0.05, 0.1) is 0 Å². The average molecular weight is 629 g/mol. The van der Waals surface area contributed by atoms with Gasteiger partial charge in [-0.1, -0.05) is 0 Å². The van der Waals surface area contributed by atoms with E-state index in [0.717, 1.165) is 29.0 Å². The molecule has 0 aromatic heterocycles. The van der Waals surface area contributed by atoms with Gasteiger partial charge in [-0.3, -0.25) is 0 Å². The normalized spacial score (nSPS) is 26.0. The monoisotopic (exact) mass is 629 g/mol. The maximum atomic E-state index is 14.1. The van der Waals surface area contributed by atoms with E-state index in [1.165, 1.54) is 5.30 Å². The Kier molecular flexibility index (Phi) is 6.06. The van der Waals surface area contributed by atoms with Gasteiger partial charge in [-0.05, 0) is 0 Å². The Morgan fingerprint density at radius 1 is 1.31 bits per heavy atom. The van der Waals surface area contributed by atoms with Crippen molar-refractivity contribution in [1.29, 1.82) is 0 Å². The number of rotatable bonds is 3. The predicted octanol–water partition coefficient (Wildman–Crippen LogP) is 4.71. The summed E-state index contributed by atoms with van der Waals surface area (Å²) in [4.78, 5) is 0. The molecule has 4 rings (SSSR count). The van der Waals surface area contributed by atoms with E-state index in [1.54, 1.807) is 26.4 Å². The number of nitrogens with zero attached hydrogens (tertiary/aromatic N) is 1. The molecular formula is C21H25ClFNO3PTl. The van der Waals surface area contributed by atoms with Crippen molar-refractivity contribution >= 4 is 43.3 Å². The summed E-state index contributed by atoms with van der Waals surface area (Å²) in [5.74, 6) is 2.01. The summed E-state index contributed by atoms with van der Waals surface area (Å²) in [6, 6.07) is 9.14. The van der Waals surface area contributed by atoms with E-state index in [9.17, 15) is 4.39 Å². The Hall–Kier alpha value is -0.628. The van der Waals surface area contributed by atoms with Gasteiger partial charge in [-0.25, -0.2) is 0 Å². The molecular weight excluding hydrogens is 604 g/mol. The SMILES string of the molecule is CCC1(C)c2cc(OC)cc(OC)c2O[C@H]2P1c1ccc(F)cc1C[N](C)[Tl]2[Cl]. The van der Waals surface area contributed by atoms with E-state index in [2.05, 4.69) is 29.7 Å². The van der Waals surface area contributed by atoms with E-state index < -0.39 is 29.7 Å². The van der Waals surface area contributed by atoms with Gasteiger partial charge in [0.1, 0.15) is 0 Å². The second-order valence-corrected chi connectivity index (χ2v) is 25.3. The molecule has 0 fully saturated rings. The number of benzene rings is 2. The summed E-state index contributed by atoms with van der Waals surface area (Å²) in [7, 11) is 11.7. The standard InChI is InChI=1S/C21H25FNO3P.ClH.Tl/c1-6-21(2)17-10-16(24-4)11-18(25-5)20(17)26-13-27(21)19-8-7-15(22)9-14(19)12-23-3;;/h7-11,13H,6,12H2,1-5H3;1H;/q-1;;+2/p-1. The number of halogens is 2. The molecule has 0 bridgehead atoms. The fraction of sp³-hybridized carbons (Fsp3) is 0.429. The average Bonchev–Trinajstić information content (AvgIpc) is 2.82. The Labute approximate surface area is 185 Å². The van der Waals surface area contributed by atoms with Crippen LogP contribution in [0, 0.1) is 5.82 Å². The van der Waals surface area contributed by atoms with E-state index in [0.29, 0.717) is 12.3 Å². The number of methoxy groups -OCH3 is 2. The van der Waals surface area contributed by atoms with Crippen molar-refractivity contribution in [1.82, 2.24) is 2.71 Å². The molecule has 154 valence electrons. The molecule has 0 amide bonds. The molecule has 0 radical (unpaired) electrons. The van der Waals surface area contributed by atoms with Crippen LogP contribution in [0.1, 0.15) is 31.4 Å². The van der Waals surface area contributed by atoms with E-state index in [-0.39, 0.29) is 14.4 Å². The Morgan fingerprint density at radius 2 is 2.07 bits per heavy atom. The summed E-state index contributed by atoms with van der Waals surface area (Å²) in [5, 5.41) is 1.03. The zero-order valence-corrected chi connectivity index (χ0v) is 23.5. The van der Waals surface area contributed by atoms with Crippen molar-refractivity contribution in [2.45, 2.75) is 35.4 Å². The third-order valence-electron chi connectivity index (χ3n) is 6.15.